The van der Waals surface area contributed by atoms with Crippen molar-refractivity contribution in [2.45, 2.75) is 38.3 Å². The Morgan fingerprint density at radius 1 is 1.30 bits per heavy atom. The summed E-state index contributed by atoms with van der Waals surface area (Å²) in [5, 5.41) is 13.4. The molecule has 0 aromatic carbocycles. The summed E-state index contributed by atoms with van der Waals surface area (Å²) in [5.41, 5.74) is 5.41. The lowest BCUT2D eigenvalue weighted by Crippen LogP contribution is -2.49. The first-order valence-corrected chi connectivity index (χ1v) is 9.63. The summed E-state index contributed by atoms with van der Waals surface area (Å²) in [6.45, 7) is 1.52. The molecule has 10 heteroatoms. The number of carbonyl (C=O) groups excluding carboxylic acids is 3. The van der Waals surface area contributed by atoms with Gasteiger partial charge in [-0.05, 0) is 12.8 Å². The highest BCUT2D eigenvalue weighted by Crippen LogP contribution is 2.22. The van der Waals surface area contributed by atoms with E-state index in [2.05, 4.69) is 10.6 Å². The average molecular weight is 365 g/mol. The molecule has 0 radical (unpaired) electrons. The molecule has 0 spiro atoms. The summed E-state index contributed by atoms with van der Waals surface area (Å²) in [5.74, 6) is -0.880. The van der Waals surface area contributed by atoms with E-state index in [1.807, 2.05) is 6.92 Å². The molecule has 8 nitrogen and oxygen atoms in total. The van der Waals surface area contributed by atoms with E-state index in [9.17, 15) is 19.2 Å². The predicted molar refractivity (Wildman–Crippen MR) is 91.1 cm³/mol. The van der Waals surface area contributed by atoms with Crippen LogP contribution in [-0.4, -0.2) is 59.3 Å². The monoisotopic (exact) mass is 365 g/mol. The van der Waals surface area contributed by atoms with Crippen LogP contribution in [0.15, 0.2) is 0 Å². The number of nitrogens with one attached hydrogen (secondary N) is 2. The van der Waals surface area contributed by atoms with Crippen molar-refractivity contribution in [3.05, 3.63) is 0 Å². The van der Waals surface area contributed by atoms with E-state index < -0.39 is 36.4 Å². The molecule has 132 valence electrons. The Hall–Kier alpha value is -1.26. The van der Waals surface area contributed by atoms with Crippen LogP contribution < -0.4 is 16.4 Å². The SMILES string of the molecule is CCCSSC[C@H](NC(=O)CC[C@H](N)C=O)C(=O)NCC(=O)O. The van der Waals surface area contributed by atoms with Gasteiger partial charge in [0, 0.05) is 17.9 Å². The third-order valence-electron chi connectivity index (χ3n) is 2.55. The molecule has 23 heavy (non-hydrogen) atoms. The van der Waals surface area contributed by atoms with Crippen LogP contribution in [0.3, 0.4) is 0 Å². The number of carboxylic acids is 1. The van der Waals surface area contributed by atoms with Crippen molar-refractivity contribution < 1.29 is 24.3 Å². The maximum absolute atomic E-state index is 11.9. The van der Waals surface area contributed by atoms with Crippen molar-refractivity contribution >= 4 is 45.7 Å². The van der Waals surface area contributed by atoms with E-state index in [0.717, 1.165) is 12.2 Å². The number of carbonyl (C=O) groups is 4. The summed E-state index contributed by atoms with van der Waals surface area (Å²) in [6, 6.07) is -1.54. The number of carboxylic acid groups (broad SMARTS) is 1. The zero-order valence-corrected chi connectivity index (χ0v) is 14.6. The minimum Gasteiger partial charge on any atom is -0.480 e. The van der Waals surface area contributed by atoms with Crippen LogP contribution in [0.5, 0.6) is 0 Å². The molecule has 0 unspecified atom stereocenters. The number of nitrogens with two attached hydrogens (primary N) is 1. The lowest BCUT2D eigenvalue weighted by molar-refractivity contribution is -0.138. The van der Waals surface area contributed by atoms with Crippen LogP contribution >= 0.6 is 21.6 Å². The van der Waals surface area contributed by atoms with Gasteiger partial charge in [0.2, 0.25) is 11.8 Å². The Morgan fingerprint density at radius 2 is 2.00 bits per heavy atom. The molecule has 2 atom stereocenters. The third kappa shape index (κ3) is 11.9. The maximum atomic E-state index is 11.9. The Kier molecular flexibility index (Phi) is 12.5. The summed E-state index contributed by atoms with van der Waals surface area (Å²) in [7, 11) is 3.01. The minimum atomic E-state index is -1.16. The van der Waals surface area contributed by atoms with Gasteiger partial charge in [0.05, 0.1) is 6.04 Å². The van der Waals surface area contributed by atoms with E-state index in [-0.39, 0.29) is 12.8 Å². The van der Waals surface area contributed by atoms with E-state index in [1.54, 1.807) is 10.8 Å². The van der Waals surface area contributed by atoms with Gasteiger partial charge in [-0.1, -0.05) is 28.5 Å². The van der Waals surface area contributed by atoms with E-state index in [4.69, 9.17) is 10.8 Å². The van der Waals surface area contributed by atoms with Gasteiger partial charge in [-0.3, -0.25) is 14.4 Å². The molecule has 0 saturated heterocycles. The topological polar surface area (TPSA) is 139 Å². The normalized spacial score (nSPS) is 13.0. The van der Waals surface area contributed by atoms with Crippen LogP contribution in [0.1, 0.15) is 26.2 Å². The molecule has 0 bridgehead atoms. The molecule has 0 aliphatic heterocycles. The maximum Gasteiger partial charge on any atom is 0.322 e. The second-order valence-corrected chi connectivity index (χ2v) is 7.30. The number of aldehydes is 1. The van der Waals surface area contributed by atoms with Crippen LogP contribution in [0.25, 0.3) is 0 Å². The van der Waals surface area contributed by atoms with Crippen LogP contribution in [-0.2, 0) is 19.2 Å². The van der Waals surface area contributed by atoms with Gasteiger partial charge in [0.25, 0.3) is 0 Å². The molecule has 0 heterocycles. The van der Waals surface area contributed by atoms with Gasteiger partial charge < -0.3 is 26.3 Å². The smallest absolute Gasteiger partial charge is 0.322 e. The first-order valence-electron chi connectivity index (χ1n) is 7.14. The molecule has 0 aliphatic carbocycles. The lowest BCUT2D eigenvalue weighted by atomic mass is 10.2. The fourth-order valence-corrected chi connectivity index (χ4v) is 3.66. The van der Waals surface area contributed by atoms with Crippen molar-refractivity contribution in [3.63, 3.8) is 0 Å². The molecule has 0 saturated carbocycles. The molecular formula is C13H23N3O5S2. The largest absolute Gasteiger partial charge is 0.480 e. The van der Waals surface area contributed by atoms with Gasteiger partial charge in [-0.2, -0.15) is 0 Å². The molecule has 2 amide bonds. The summed E-state index contributed by atoms with van der Waals surface area (Å²) >= 11 is 0. The van der Waals surface area contributed by atoms with Gasteiger partial charge in [-0.15, -0.1) is 0 Å². The van der Waals surface area contributed by atoms with E-state index in [1.165, 1.54) is 10.8 Å². The highest BCUT2D eigenvalue weighted by molar-refractivity contribution is 8.76. The van der Waals surface area contributed by atoms with E-state index in [0.29, 0.717) is 12.0 Å². The number of hydrogen-bond donors (Lipinski definition) is 4. The molecule has 0 rings (SSSR count). The highest BCUT2D eigenvalue weighted by atomic mass is 33.1. The number of aliphatic carboxylic acids is 1. The van der Waals surface area contributed by atoms with Gasteiger partial charge in [-0.25, -0.2) is 0 Å². The zero-order chi connectivity index (χ0) is 17.7. The first-order chi connectivity index (χ1) is 10.9. The standard InChI is InChI=1S/C13H23N3O5S2/c1-2-5-22-23-8-10(13(21)15-6-12(19)20)16-11(18)4-3-9(14)7-17/h7,9-10H,2-6,8,14H2,1H3,(H,15,21)(H,16,18)(H,19,20)/t9-,10-/m0/s1. The lowest BCUT2D eigenvalue weighted by Gasteiger charge is -2.17. The fourth-order valence-electron chi connectivity index (χ4n) is 1.36. The Balaban J connectivity index is 4.44. The number of hydrogen-bond acceptors (Lipinski definition) is 7. The van der Waals surface area contributed by atoms with Crippen molar-refractivity contribution in [2.75, 3.05) is 18.1 Å². The molecule has 0 aliphatic rings. The van der Waals surface area contributed by atoms with Gasteiger partial charge >= 0.3 is 5.97 Å². The second-order valence-electron chi connectivity index (χ2n) is 4.68. The first kappa shape index (κ1) is 21.7. The molecule has 0 aromatic heterocycles. The Labute approximate surface area is 143 Å². The molecular weight excluding hydrogens is 342 g/mol. The van der Waals surface area contributed by atoms with Gasteiger partial charge in [0.1, 0.15) is 18.9 Å². The predicted octanol–water partition coefficient (Wildman–Crippen LogP) is -0.230. The zero-order valence-electron chi connectivity index (χ0n) is 12.9. The summed E-state index contributed by atoms with van der Waals surface area (Å²) in [6.07, 6.45) is 1.76. The van der Waals surface area contributed by atoms with Gasteiger partial charge in [0.15, 0.2) is 0 Å². The number of rotatable bonds is 13. The molecule has 5 N–H and O–H groups in total. The van der Waals surface area contributed by atoms with E-state index >= 15 is 0 Å². The molecule has 0 aromatic rings. The van der Waals surface area contributed by atoms with Crippen LogP contribution in [0.4, 0.5) is 0 Å². The van der Waals surface area contributed by atoms with Crippen molar-refractivity contribution in [1.82, 2.24) is 10.6 Å². The van der Waals surface area contributed by atoms with Crippen LogP contribution in [0.2, 0.25) is 0 Å². The van der Waals surface area contributed by atoms with Crippen molar-refractivity contribution in [3.8, 4) is 0 Å². The quantitative estimate of drug-likeness (QED) is 0.199. The van der Waals surface area contributed by atoms with Crippen LogP contribution in [0, 0.1) is 0 Å². The fraction of sp³-hybridized carbons (Fsp3) is 0.692. The summed E-state index contributed by atoms with van der Waals surface area (Å²) < 4.78 is 0. The summed E-state index contributed by atoms with van der Waals surface area (Å²) in [4.78, 5) is 44.7. The second kappa shape index (κ2) is 13.2. The minimum absolute atomic E-state index is 0.0232. The van der Waals surface area contributed by atoms with Crippen molar-refractivity contribution in [2.24, 2.45) is 5.73 Å². The highest BCUT2D eigenvalue weighted by Gasteiger charge is 2.21. The molecule has 0 fully saturated rings. The number of amides is 2. The Morgan fingerprint density at radius 3 is 2.57 bits per heavy atom. The van der Waals surface area contributed by atoms with Crippen molar-refractivity contribution in [1.29, 1.82) is 0 Å². The Bertz CT molecular complexity index is 409. The average Bonchev–Trinajstić information content (AvgIpc) is 2.52. The third-order valence-corrected chi connectivity index (χ3v) is 5.17.